The van der Waals surface area contributed by atoms with Gasteiger partial charge < -0.3 is 25.4 Å². The molecule has 0 aliphatic carbocycles. The predicted octanol–water partition coefficient (Wildman–Crippen LogP) is 1.26. The lowest BCUT2D eigenvalue weighted by molar-refractivity contribution is -0.162. The van der Waals surface area contributed by atoms with E-state index in [2.05, 4.69) is 16.0 Å². The quantitative estimate of drug-likeness (QED) is 0.514. The lowest BCUT2D eigenvalue weighted by atomic mass is 9.97. The number of carbonyl (C=O) groups excluding carboxylic acids is 5. The standard InChI is InChI=1S/C26H37N3O7/c1-6-16(4)22-25(33)27-13-12-20(30)35-17(5)23(31)28-21(15(2)3)26(34)36-19(24(32)29-22)14-18-10-8-7-9-11-18/h7-11,15-17,19,21-22H,6,12-14H2,1-5H3,(H,27,33)(H,28,31)(H,29,32)/t16-,17-,19-,21?,22-/m0/s1. The van der Waals surface area contributed by atoms with Crippen LogP contribution in [0.25, 0.3) is 0 Å². The van der Waals surface area contributed by atoms with Crippen LogP contribution in [0.1, 0.15) is 53.0 Å². The van der Waals surface area contributed by atoms with Crippen LogP contribution in [0.2, 0.25) is 0 Å². The van der Waals surface area contributed by atoms with Crippen molar-refractivity contribution < 1.29 is 33.4 Å². The van der Waals surface area contributed by atoms with Crippen molar-refractivity contribution in [1.82, 2.24) is 16.0 Å². The van der Waals surface area contributed by atoms with E-state index in [1.807, 2.05) is 19.9 Å². The van der Waals surface area contributed by atoms with Gasteiger partial charge in [0.2, 0.25) is 5.91 Å². The monoisotopic (exact) mass is 503 g/mol. The Balaban J connectivity index is 2.41. The second kappa shape index (κ2) is 13.6. The van der Waals surface area contributed by atoms with Gasteiger partial charge in [-0.05, 0) is 24.3 Å². The van der Waals surface area contributed by atoms with E-state index in [9.17, 15) is 24.0 Å². The molecule has 2 rings (SSSR count). The normalized spacial score (nSPS) is 25.8. The molecular formula is C26H37N3O7. The number of cyclic esters (lactones) is 2. The Hall–Kier alpha value is -3.43. The lowest BCUT2D eigenvalue weighted by Crippen LogP contribution is -2.55. The smallest absolute Gasteiger partial charge is 0.329 e. The molecule has 1 aliphatic heterocycles. The van der Waals surface area contributed by atoms with Crippen molar-refractivity contribution in [3.05, 3.63) is 35.9 Å². The number of esters is 2. The highest BCUT2D eigenvalue weighted by Gasteiger charge is 2.35. The highest BCUT2D eigenvalue weighted by atomic mass is 16.6. The maximum absolute atomic E-state index is 13.3. The summed E-state index contributed by atoms with van der Waals surface area (Å²) in [6.07, 6.45) is -1.87. The zero-order valence-corrected chi connectivity index (χ0v) is 21.5. The summed E-state index contributed by atoms with van der Waals surface area (Å²) in [4.78, 5) is 64.1. The topological polar surface area (TPSA) is 140 Å². The molecule has 1 aliphatic rings. The second-order valence-electron chi connectivity index (χ2n) is 9.39. The summed E-state index contributed by atoms with van der Waals surface area (Å²) in [7, 11) is 0. The largest absolute Gasteiger partial charge is 0.452 e. The van der Waals surface area contributed by atoms with E-state index in [0.717, 1.165) is 5.56 Å². The summed E-state index contributed by atoms with van der Waals surface area (Å²) in [6, 6.07) is 7.07. The fraction of sp³-hybridized carbons (Fsp3) is 0.577. The van der Waals surface area contributed by atoms with Gasteiger partial charge in [0, 0.05) is 13.0 Å². The molecule has 1 heterocycles. The summed E-state index contributed by atoms with van der Waals surface area (Å²) in [5, 5.41) is 7.94. The van der Waals surface area contributed by atoms with Crippen LogP contribution in [-0.2, 0) is 39.9 Å². The molecule has 1 unspecified atom stereocenters. The third-order valence-corrected chi connectivity index (χ3v) is 6.13. The van der Waals surface area contributed by atoms with Crippen LogP contribution in [0, 0.1) is 11.8 Å². The Bertz CT molecular complexity index is 935. The minimum absolute atomic E-state index is 0.0220. The summed E-state index contributed by atoms with van der Waals surface area (Å²) < 4.78 is 10.8. The maximum Gasteiger partial charge on any atom is 0.329 e. The number of benzene rings is 1. The molecule has 10 heteroatoms. The van der Waals surface area contributed by atoms with Crippen molar-refractivity contribution in [2.75, 3.05) is 6.54 Å². The molecule has 1 aromatic rings. The van der Waals surface area contributed by atoms with Crippen molar-refractivity contribution in [1.29, 1.82) is 0 Å². The molecule has 0 spiro atoms. The molecule has 10 nitrogen and oxygen atoms in total. The zero-order valence-electron chi connectivity index (χ0n) is 21.5. The number of carbonyl (C=O) groups is 5. The zero-order chi connectivity index (χ0) is 26.8. The molecule has 3 N–H and O–H groups in total. The van der Waals surface area contributed by atoms with E-state index >= 15 is 0 Å². The summed E-state index contributed by atoms with van der Waals surface area (Å²) in [6.45, 7) is 8.52. The minimum atomic E-state index is -1.24. The first-order valence-corrected chi connectivity index (χ1v) is 12.4. The Labute approximate surface area is 211 Å². The third-order valence-electron chi connectivity index (χ3n) is 6.13. The first kappa shape index (κ1) is 28.8. The molecular weight excluding hydrogens is 466 g/mol. The Kier molecular flexibility index (Phi) is 10.9. The van der Waals surface area contributed by atoms with Gasteiger partial charge in [-0.1, -0.05) is 64.4 Å². The SMILES string of the molecule is CC[C@H](C)[C@@H]1NC(=O)[C@H](Cc2ccccc2)OC(=O)C(C(C)C)NC(=O)[C@H](C)OC(=O)CCNC1=O. The van der Waals surface area contributed by atoms with Gasteiger partial charge >= 0.3 is 11.9 Å². The van der Waals surface area contributed by atoms with E-state index in [1.54, 1.807) is 38.1 Å². The molecule has 36 heavy (non-hydrogen) atoms. The molecule has 198 valence electrons. The highest BCUT2D eigenvalue weighted by Crippen LogP contribution is 2.14. The van der Waals surface area contributed by atoms with Crippen LogP contribution in [0.3, 0.4) is 0 Å². The summed E-state index contributed by atoms with van der Waals surface area (Å²) in [5.74, 6) is -3.84. The number of hydrogen-bond donors (Lipinski definition) is 3. The van der Waals surface area contributed by atoms with Crippen molar-refractivity contribution in [2.24, 2.45) is 11.8 Å². The van der Waals surface area contributed by atoms with E-state index in [-0.39, 0.29) is 31.2 Å². The lowest BCUT2D eigenvalue weighted by Gasteiger charge is -2.28. The van der Waals surface area contributed by atoms with Gasteiger partial charge in [-0.15, -0.1) is 0 Å². The van der Waals surface area contributed by atoms with E-state index in [4.69, 9.17) is 9.47 Å². The molecule has 1 fully saturated rings. The number of nitrogens with one attached hydrogen (secondary N) is 3. The molecule has 0 bridgehead atoms. The highest BCUT2D eigenvalue weighted by molar-refractivity contribution is 5.92. The van der Waals surface area contributed by atoms with E-state index in [0.29, 0.717) is 6.42 Å². The van der Waals surface area contributed by atoms with E-state index < -0.39 is 54.0 Å². The molecule has 1 saturated heterocycles. The third kappa shape index (κ3) is 8.35. The first-order valence-electron chi connectivity index (χ1n) is 12.4. The van der Waals surface area contributed by atoms with Crippen LogP contribution in [0.4, 0.5) is 0 Å². The molecule has 5 atom stereocenters. The van der Waals surface area contributed by atoms with Gasteiger partial charge in [-0.2, -0.15) is 0 Å². The average molecular weight is 504 g/mol. The predicted molar refractivity (Wildman–Crippen MR) is 131 cm³/mol. The van der Waals surface area contributed by atoms with E-state index in [1.165, 1.54) is 6.92 Å². The van der Waals surface area contributed by atoms with Crippen LogP contribution in [0.5, 0.6) is 0 Å². The summed E-state index contributed by atoms with van der Waals surface area (Å²) in [5.41, 5.74) is 0.759. The van der Waals surface area contributed by atoms with Crippen LogP contribution >= 0.6 is 0 Å². The van der Waals surface area contributed by atoms with Crippen LogP contribution in [0.15, 0.2) is 30.3 Å². The van der Waals surface area contributed by atoms with Gasteiger partial charge in [0.15, 0.2) is 12.2 Å². The van der Waals surface area contributed by atoms with Crippen molar-refractivity contribution in [3.63, 3.8) is 0 Å². The fourth-order valence-electron chi connectivity index (χ4n) is 3.65. The van der Waals surface area contributed by atoms with Gasteiger partial charge in [0.05, 0.1) is 6.42 Å². The Morgan fingerprint density at radius 3 is 2.14 bits per heavy atom. The van der Waals surface area contributed by atoms with Crippen molar-refractivity contribution in [2.45, 2.75) is 78.2 Å². The Morgan fingerprint density at radius 2 is 1.53 bits per heavy atom. The first-order chi connectivity index (χ1) is 17.0. The minimum Gasteiger partial charge on any atom is -0.452 e. The van der Waals surface area contributed by atoms with Gasteiger partial charge in [-0.3, -0.25) is 19.2 Å². The van der Waals surface area contributed by atoms with Crippen LogP contribution < -0.4 is 16.0 Å². The molecule has 1 aromatic carbocycles. The number of hydrogen-bond acceptors (Lipinski definition) is 7. The summed E-state index contributed by atoms with van der Waals surface area (Å²) >= 11 is 0. The molecule has 0 radical (unpaired) electrons. The number of amides is 3. The maximum atomic E-state index is 13.3. The fourth-order valence-corrected chi connectivity index (χ4v) is 3.65. The number of rotatable bonds is 5. The van der Waals surface area contributed by atoms with Crippen molar-refractivity contribution >= 4 is 29.7 Å². The second-order valence-corrected chi connectivity index (χ2v) is 9.39. The molecule has 0 aromatic heterocycles. The van der Waals surface area contributed by atoms with Crippen molar-refractivity contribution in [3.8, 4) is 0 Å². The number of ether oxygens (including phenoxy) is 2. The Morgan fingerprint density at radius 1 is 0.889 bits per heavy atom. The molecule has 0 saturated carbocycles. The van der Waals surface area contributed by atoms with Gasteiger partial charge in [0.1, 0.15) is 12.1 Å². The average Bonchev–Trinajstić information content (AvgIpc) is 2.84. The molecule has 3 amide bonds. The van der Waals surface area contributed by atoms with Gasteiger partial charge in [-0.25, -0.2) is 4.79 Å². The van der Waals surface area contributed by atoms with Gasteiger partial charge in [0.25, 0.3) is 11.8 Å². The van der Waals surface area contributed by atoms with Crippen LogP contribution in [-0.4, -0.2) is 60.5 Å².